The fraction of sp³-hybridized carbons (Fsp3) is 0.930. The minimum atomic E-state index is -0.497. The minimum absolute atomic E-state index is 0.00237. The fourth-order valence-corrected chi connectivity index (χ4v) is 7.00. The summed E-state index contributed by atoms with van der Waals surface area (Å²) in [4.78, 5) is 39.6. The molecule has 0 aliphatic carbocycles. The lowest BCUT2D eigenvalue weighted by molar-refractivity contribution is -0.151. The monoisotopic (exact) mass is 708 g/mol. The van der Waals surface area contributed by atoms with Gasteiger partial charge in [0.25, 0.3) is 0 Å². The van der Waals surface area contributed by atoms with E-state index < -0.39 is 5.60 Å². The van der Waals surface area contributed by atoms with Crippen molar-refractivity contribution in [3.05, 3.63) is 0 Å². The Kier molecular flexibility index (Phi) is 27.5. The molecule has 7 heteroatoms. The van der Waals surface area contributed by atoms with Crippen LogP contribution >= 0.6 is 0 Å². The zero-order valence-electron chi connectivity index (χ0n) is 33.8. The molecule has 1 amide bonds. The number of carbonyl (C=O) groups excluding carboxylic acids is 3. The Morgan fingerprint density at radius 3 is 1.66 bits per heavy atom. The van der Waals surface area contributed by atoms with Gasteiger partial charge in [-0.05, 0) is 90.4 Å². The molecular formula is C43H81NO6. The van der Waals surface area contributed by atoms with Gasteiger partial charge in [-0.1, -0.05) is 124 Å². The van der Waals surface area contributed by atoms with Crippen LogP contribution in [0.5, 0.6) is 0 Å². The Balaban J connectivity index is 2.34. The number of piperidine rings is 1. The molecule has 0 aromatic heterocycles. The van der Waals surface area contributed by atoms with Gasteiger partial charge in [-0.15, -0.1) is 0 Å². The SMILES string of the molecule is CCCCCCCCCC(CCCCCCCCC(=O)OCC(CCCC)CCCCCC)OC(=O)CC1CCN(C(=O)OC(C)(C)C)CC1. The topological polar surface area (TPSA) is 82.1 Å². The Bertz CT molecular complexity index is 847. The third-order valence-electron chi connectivity index (χ3n) is 10.2. The highest BCUT2D eigenvalue weighted by Crippen LogP contribution is 2.25. The summed E-state index contributed by atoms with van der Waals surface area (Å²) in [5, 5.41) is 0. The third-order valence-corrected chi connectivity index (χ3v) is 10.2. The van der Waals surface area contributed by atoms with Crippen molar-refractivity contribution < 1.29 is 28.6 Å². The minimum Gasteiger partial charge on any atom is -0.465 e. The Labute approximate surface area is 309 Å². The van der Waals surface area contributed by atoms with Crippen LogP contribution in [0, 0.1) is 11.8 Å². The van der Waals surface area contributed by atoms with Crippen LogP contribution in [0.1, 0.15) is 215 Å². The summed E-state index contributed by atoms with van der Waals surface area (Å²) in [7, 11) is 0. The van der Waals surface area contributed by atoms with E-state index in [9.17, 15) is 14.4 Å². The second-order valence-electron chi connectivity index (χ2n) is 16.3. The van der Waals surface area contributed by atoms with Crippen LogP contribution in [-0.4, -0.2) is 54.3 Å². The van der Waals surface area contributed by atoms with E-state index in [1.807, 2.05) is 20.8 Å². The predicted octanol–water partition coefficient (Wildman–Crippen LogP) is 12.5. The number of amides is 1. The highest BCUT2D eigenvalue weighted by atomic mass is 16.6. The smallest absolute Gasteiger partial charge is 0.410 e. The zero-order chi connectivity index (χ0) is 36.9. The number of ether oxygens (including phenoxy) is 3. The van der Waals surface area contributed by atoms with Crippen molar-refractivity contribution in [3.63, 3.8) is 0 Å². The summed E-state index contributed by atoms with van der Waals surface area (Å²) in [5.41, 5.74) is -0.497. The molecule has 0 saturated carbocycles. The number of unbranched alkanes of at least 4 members (excludes halogenated alkanes) is 15. The molecule has 1 heterocycles. The molecule has 0 bridgehead atoms. The van der Waals surface area contributed by atoms with Crippen molar-refractivity contribution >= 4 is 18.0 Å². The van der Waals surface area contributed by atoms with Crippen LogP contribution in [0.3, 0.4) is 0 Å². The van der Waals surface area contributed by atoms with Gasteiger partial charge in [0, 0.05) is 25.9 Å². The van der Waals surface area contributed by atoms with Gasteiger partial charge in [-0.2, -0.15) is 0 Å². The summed E-state index contributed by atoms with van der Waals surface area (Å²) in [6, 6.07) is 0. The highest BCUT2D eigenvalue weighted by molar-refractivity contribution is 5.70. The first-order chi connectivity index (χ1) is 24.1. The van der Waals surface area contributed by atoms with Crippen LogP contribution in [0.15, 0.2) is 0 Å². The van der Waals surface area contributed by atoms with Crippen LogP contribution in [0.2, 0.25) is 0 Å². The van der Waals surface area contributed by atoms with Crippen LogP contribution in [-0.2, 0) is 23.8 Å². The van der Waals surface area contributed by atoms with Crippen molar-refractivity contribution in [2.45, 2.75) is 227 Å². The number of likely N-dealkylation sites (tertiary alicyclic amines) is 1. The molecule has 0 spiro atoms. The van der Waals surface area contributed by atoms with Gasteiger partial charge in [-0.25, -0.2) is 4.79 Å². The maximum absolute atomic E-state index is 13.0. The average Bonchev–Trinajstić information content (AvgIpc) is 3.07. The van der Waals surface area contributed by atoms with E-state index in [1.54, 1.807) is 4.90 Å². The fourth-order valence-electron chi connectivity index (χ4n) is 7.00. The molecule has 0 aromatic carbocycles. The van der Waals surface area contributed by atoms with Crippen molar-refractivity contribution in [1.29, 1.82) is 0 Å². The maximum Gasteiger partial charge on any atom is 0.410 e. The first-order valence-corrected chi connectivity index (χ1v) is 21.4. The van der Waals surface area contributed by atoms with E-state index in [0.717, 1.165) is 70.6 Å². The van der Waals surface area contributed by atoms with E-state index in [4.69, 9.17) is 14.2 Å². The molecule has 1 aliphatic heterocycles. The maximum atomic E-state index is 13.0. The predicted molar refractivity (Wildman–Crippen MR) is 207 cm³/mol. The first-order valence-electron chi connectivity index (χ1n) is 21.4. The van der Waals surface area contributed by atoms with E-state index in [1.165, 1.54) is 89.9 Å². The van der Waals surface area contributed by atoms with Gasteiger partial charge < -0.3 is 19.1 Å². The van der Waals surface area contributed by atoms with Crippen LogP contribution in [0.25, 0.3) is 0 Å². The van der Waals surface area contributed by atoms with E-state index >= 15 is 0 Å². The third kappa shape index (κ3) is 26.1. The van der Waals surface area contributed by atoms with Crippen molar-refractivity contribution in [1.82, 2.24) is 4.90 Å². The largest absolute Gasteiger partial charge is 0.465 e. The number of esters is 2. The molecule has 0 aromatic rings. The molecule has 0 radical (unpaired) electrons. The molecule has 50 heavy (non-hydrogen) atoms. The molecule has 1 aliphatic rings. The van der Waals surface area contributed by atoms with Crippen molar-refractivity contribution in [2.24, 2.45) is 11.8 Å². The number of carbonyl (C=O) groups is 3. The first kappa shape index (κ1) is 46.2. The van der Waals surface area contributed by atoms with Gasteiger partial charge in [0.2, 0.25) is 0 Å². The molecule has 2 unspecified atom stereocenters. The van der Waals surface area contributed by atoms with Gasteiger partial charge in [-0.3, -0.25) is 9.59 Å². The summed E-state index contributed by atoms with van der Waals surface area (Å²) in [5.74, 6) is 0.682. The summed E-state index contributed by atoms with van der Waals surface area (Å²) in [6.45, 7) is 14.3. The standard InChI is InChI=1S/C43H81NO6/c1-7-10-13-15-16-19-23-28-39(49-41(46)35-37-31-33-44(34-32-37)42(47)50-43(4,5)6)29-24-20-17-18-21-25-30-40(45)48-36-38(26-12-9-3)27-22-14-11-8-2/h37-39H,7-36H2,1-6H3. The van der Waals surface area contributed by atoms with E-state index in [-0.39, 0.29) is 30.1 Å². The molecule has 0 N–H and O–H groups in total. The van der Waals surface area contributed by atoms with Gasteiger partial charge in [0.15, 0.2) is 0 Å². The molecule has 294 valence electrons. The lowest BCUT2D eigenvalue weighted by Gasteiger charge is -2.33. The lowest BCUT2D eigenvalue weighted by Crippen LogP contribution is -2.42. The van der Waals surface area contributed by atoms with Gasteiger partial charge in [0.05, 0.1) is 6.61 Å². The lowest BCUT2D eigenvalue weighted by atomic mass is 9.93. The summed E-state index contributed by atoms with van der Waals surface area (Å²) in [6.07, 6.45) is 29.4. The quantitative estimate of drug-likeness (QED) is 0.0420. The molecular weight excluding hydrogens is 626 g/mol. The molecule has 2 atom stereocenters. The molecule has 1 fully saturated rings. The normalized spacial score (nSPS) is 15.1. The van der Waals surface area contributed by atoms with Gasteiger partial charge >= 0.3 is 18.0 Å². The molecule has 1 saturated heterocycles. The van der Waals surface area contributed by atoms with Crippen molar-refractivity contribution in [2.75, 3.05) is 19.7 Å². The highest BCUT2D eigenvalue weighted by Gasteiger charge is 2.28. The van der Waals surface area contributed by atoms with Crippen LogP contribution in [0.4, 0.5) is 4.79 Å². The molecule has 7 nitrogen and oxygen atoms in total. The van der Waals surface area contributed by atoms with Gasteiger partial charge in [0.1, 0.15) is 11.7 Å². The Hall–Kier alpha value is -1.79. The summed E-state index contributed by atoms with van der Waals surface area (Å²) >= 11 is 0. The number of hydrogen-bond acceptors (Lipinski definition) is 6. The number of rotatable bonds is 30. The zero-order valence-corrected chi connectivity index (χ0v) is 33.8. The van der Waals surface area contributed by atoms with E-state index in [0.29, 0.717) is 38.5 Å². The number of nitrogens with zero attached hydrogens (tertiary/aromatic N) is 1. The van der Waals surface area contributed by atoms with Crippen molar-refractivity contribution in [3.8, 4) is 0 Å². The second kappa shape index (κ2) is 29.8. The average molecular weight is 708 g/mol. The van der Waals surface area contributed by atoms with Crippen LogP contribution < -0.4 is 0 Å². The Morgan fingerprint density at radius 2 is 1.10 bits per heavy atom. The van der Waals surface area contributed by atoms with E-state index in [2.05, 4.69) is 20.8 Å². The number of hydrogen-bond donors (Lipinski definition) is 0. The summed E-state index contributed by atoms with van der Waals surface area (Å²) < 4.78 is 17.3. The second-order valence-corrected chi connectivity index (χ2v) is 16.3. The Morgan fingerprint density at radius 1 is 0.620 bits per heavy atom. The molecule has 1 rings (SSSR count).